The van der Waals surface area contributed by atoms with Crippen LogP contribution in [0.4, 0.5) is 0 Å². The number of benzene rings is 1. The highest BCUT2D eigenvalue weighted by atomic mass is 16.5. The first-order valence-corrected chi connectivity index (χ1v) is 4.66. The van der Waals surface area contributed by atoms with Crippen molar-refractivity contribution in [1.82, 2.24) is 0 Å². The fourth-order valence-electron chi connectivity index (χ4n) is 1.69. The summed E-state index contributed by atoms with van der Waals surface area (Å²) in [6, 6.07) is 7.94. The molecule has 0 fully saturated rings. The Hall–Kier alpha value is -1.57. The van der Waals surface area contributed by atoms with Gasteiger partial charge in [0, 0.05) is 17.2 Å². The van der Waals surface area contributed by atoms with E-state index in [-0.39, 0.29) is 11.9 Å². The van der Waals surface area contributed by atoms with Crippen molar-refractivity contribution in [3.05, 3.63) is 41.5 Å². The molecule has 0 aliphatic carbocycles. The van der Waals surface area contributed by atoms with E-state index in [0.29, 0.717) is 5.76 Å². The monoisotopic (exact) mass is 188 g/mol. The second-order valence-electron chi connectivity index (χ2n) is 3.47. The molecule has 0 spiro atoms. The van der Waals surface area contributed by atoms with Crippen LogP contribution in [0.1, 0.15) is 31.1 Å². The summed E-state index contributed by atoms with van der Waals surface area (Å²) >= 11 is 0. The van der Waals surface area contributed by atoms with Crippen molar-refractivity contribution in [3.8, 4) is 0 Å². The van der Waals surface area contributed by atoms with Crippen molar-refractivity contribution in [2.45, 2.75) is 20.0 Å². The van der Waals surface area contributed by atoms with Crippen LogP contribution in [-0.4, -0.2) is 5.78 Å². The average molecular weight is 188 g/mol. The van der Waals surface area contributed by atoms with Gasteiger partial charge in [-0.05, 0) is 13.8 Å². The summed E-state index contributed by atoms with van der Waals surface area (Å²) in [7, 11) is 0. The van der Waals surface area contributed by atoms with E-state index in [4.69, 9.17) is 4.74 Å². The number of hydrogen-bond acceptors (Lipinski definition) is 2. The molecule has 2 rings (SSSR count). The molecule has 0 radical (unpaired) electrons. The number of carbonyl (C=O) groups is 1. The van der Waals surface area contributed by atoms with Gasteiger partial charge in [0.25, 0.3) is 0 Å². The number of allylic oxidation sites excluding steroid dienone is 1. The molecule has 1 aromatic rings. The van der Waals surface area contributed by atoms with Crippen LogP contribution >= 0.6 is 0 Å². The minimum atomic E-state index is 0.0175. The maximum absolute atomic E-state index is 11.0. The first-order valence-electron chi connectivity index (χ1n) is 4.66. The zero-order valence-corrected chi connectivity index (χ0v) is 8.28. The minimum Gasteiger partial charge on any atom is -0.485 e. The molecule has 1 aliphatic rings. The molecule has 1 heterocycles. The summed E-state index contributed by atoms with van der Waals surface area (Å²) in [6.45, 7) is 3.52. The molecule has 1 aromatic carbocycles. The number of rotatable bonds is 1. The Bertz CT molecular complexity index is 405. The quantitative estimate of drug-likeness (QED) is 0.633. The van der Waals surface area contributed by atoms with Crippen LogP contribution in [0.25, 0.3) is 5.76 Å². The first-order chi connectivity index (χ1) is 6.68. The highest BCUT2D eigenvalue weighted by Crippen LogP contribution is 2.37. The molecule has 0 aromatic heterocycles. The third-order valence-corrected chi connectivity index (χ3v) is 2.30. The second-order valence-corrected chi connectivity index (χ2v) is 3.47. The highest BCUT2D eigenvalue weighted by Gasteiger charge is 2.23. The molecule has 2 nitrogen and oxygen atoms in total. The smallest absolute Gasteiger partial charge is 0.156 e. The van der Waals surface area contributed by atoms with Gasteiger partial charge >= 0.3 is 0 Å². The van der Waals surface area contributed by atoms with E-state index in [0.717, 1.165) is 11.1 Å². The van der Waals surface area contributed by atoms with Gasteiger partial charge in [0.05, 0.1) is 0 Å². The molecule has 14 heavy (non-hydrogen) atoms. The van der Waals surface area contributed by atoms with Gasteiger partial charge in [0.2, 0.25) is 0 Å². The number of fused-ring (bicyclic) bond motifs is 1. The largest absolute Gasteiger partial charge is 0.485 e. The van der Waals surface area contributed by atoms with E-state index in [1.807, 2.05) is 31.2 Å². The molecule has 0 bridgehead atoms. The van der Waals surface area contributed by atoms with Crippen LogP contribution in [0.3, 0.4) is 0 Å². The zero-order chi connectivity index (χ0) is 10.1. The lowest BCUT2D eigenvalue weighted by Gasteiger charge is -2.03. The molecule has 0 amide bonds. The molecule has 0 N–H and O–H groups in total. The molecule has 1 atom stereocenters. The summed E-state index contributed by atoms with van der Waals surface area (Å²) in [5.41, 5.74) is 2.19. The van der Waals surface area contributed by atoms with Gasteiger partial charge in [-0.1, -0.05) is 24.3 Å². The molecule has 2 heteroatoms. The van der Waals surface area contributed by atoms with E-state index in [1.54, 1.807) is 6.08 Å². The Kier molecular flexibility index (Phi) is 2.12. The number of ketones is 1. The Morgan fingerprint density at radius 2 is 2.14 bits per heavy atom. The fraction of sp³-hybridized carbons (Fsp3) is 0.250. The normalized spacial score (nSPS) is 21.9. The van der Waals surface area contributed by atoms with Gasteiger partial charge in [-0.2, -0.15) is 0 Å². The van der Waals surface area contributed by atoms with Gasteiger partial charge in [-0.25, -0.2) is 0 Å². The zero-order valence-electron chi connectivity index (χ0n) is 8.28. The van der Waals surface area contributed by atoms with E-state index < -0.39 is 0 Å². The Morgan fingerprint density at radius 1 is 1.43 bits per heavy atom. The molecule has 1 unspecified atom stereocenters. The number of hydrogen-bond donors (Lipinski definition) is 0. The predicted molar refractivity (Wildman–Crippen MR) is 54.6 cm³/mol. The van der Waals surface area contributed by atoms with Gasteiger partial charge in [-0.3, -0.25) is 4.79 Å². The summed E-state index contributed by atoms with van der Waals surface area (Å²) in [5, 5.41) is 0. The van der Waals surface area contributed by atoms with Crippen LogP contribution in [0.15, 0.2) is 30.3 Å². The SMILES string of the molecule is CC(=O)/C=C1\OC(C)c2ccccc21. The van der Waals surface area contributed by atoms with E-state index >= 15 is 0 Å². The van der Waals surface area contributed by atoms with Gasteiger partial charge in [0.1, 0.15) is 11.9 Å². The third kappa shape index (κ3) is 1.43. The van der Waals surface area contributed by atoms with E-state index in [2.05, 4.69) is 0 Å². The van der Waals surface area contributed by atoms with Crippen LogP contribution in [-0.2, 0) is 9.53 Å². The number of ether oxygens (including phenoxy) is 1. The fourth-order valence-corrected chi connectivity index (χ4v) is 1.69. The Morgan fingerprint density at radius 3 is 2.86 bits per heavy atom. The second kappa shape index (κ2) is 3.29. The van der Waals surface area contributed by atoms with Crippen LogP contribution in [0, 0.1) is 0 Å². The molecular formula is C12H12O2. The first kappa shape index (κ1) is 9.00. The van der Waals surface area contributed by atoms with Crippen molar-refractivity contribution >= 4 is 11.5 Å². The lowest BCUT2D eigenvalue weighted by Crippen LogP contribution is -1.88. The standard InChI is InChI=1S/C12H12O2/c1-8(13)7-12-11-6-4-3-5-10(11)9(2)14-12/h3-7,9H,1-2H3/b12-7-. The molecular weight excluding hydrogens is 176 g/mol. The third-order valence-electron chi connectivity index (χ3n) is 2.30. The maximum atomic E-state index is 11.0. The van der Waals surface area contributed by atoms with E-state index in [1.165, 1.54) is 6.92 Å². The van der Waals surface area contributed by atoms with Crippen molar-refractivity contribution in [2.75, 3.05) is 0 Å². The van der Waals surface area contributed by atoms with Gasteiger partial charge in [-0.15, -0.1) is 0 Å². The maximum Gasteiger partial charge on any atom is 0.156 e. The molecule has 72 valence electrons. The van der Waals surface area contributed by atoms with Crippen molar-refractivity contribution in [1.29, 1.82) is 0 Å². The highest BCUT2D eigenvalue weighted by molar-refractivity contribution is 5.94. The lowest BCUT2D eigenvalue weighted by atomic mass is 10.0. The van der Waals surface area contributed by atoms with Crippen molar-refractivity contribution < 1.29 is 9.53 Å². The van der Waals surface area contributed by atoms with E-state index in [9.17, 15) is 4.79 Å². The molecule has 0 saturated heterocycles. The minimum absolute atomic E-state index is 0.0175. The number of carbonyl (C=O) groups excluding carboxylic acids is 1. The van der Waals surface area contributed by atoms with Gasteiger partial charge < -0.3 is 4.74 Å². The average Bonchev–Trinajstić information content (AvgIpc) is 2.44. The summed E-state index contributed by atoms with van der Waals surface area (Å²) in [5.74, 6) is 0.713. The lowest BCUT2D eigenvalue weighted by molar-refractivity contribution is -0.112. The van der Waals surface area contributed by atoms with Crippen LogP contribution < -0.4 is 0 Å². The topological polar surface area (TPSA) is 26.3 Å². The van der Waals surface area contributed by atoms with Gasteiger partial charge in [0.15, 0.2) is 5.78 Å². The Labute approximate surface area is 83.2 Å². The molecule has 0 saturated carbocycles. The predicted octanol–water partition coefficient (Wildman–Crippen LogP) is 2.71. The summed E-state index contributed by atoms with van der Waals surface area (Å²) in [6.07, 6.45) is 1.60. The Balaban J connectivity index is 2.49. The van der Waals surface area contributed by atoms with Crippen molar-refractivity contribution in [3.63, 3.8) is 0 Å². The van der Waals surface area contributed by atoms with Crippen LogP contribution in [0.5, 0.6) is 0 Å². The summed E-state index contributed by atoms with van der Waals surface area (Å²) in [4.78, 5) is 11.0. The summed E-state index contributed by atoms with van der Waals surface area (Å²) < 4.78 is 5.58. The van der Waals surface area contributed by atoms with Crippen LogP contribution in [0.2, 0.25) is 0 Å². The molecule has 1 aliphatic heterocycles. The van der Waals surface area contributed by atoms with Crippen molar-refractivity contribution in [2.24, 2.45) is 0 Å².